The minimum absolute atomic E-state index is 0.179. The van der Waals surface area contributed by atoms with Crippen molar-refractivity contribution >= 4 is 34.8 Å². The molecule has 10 nitrogen and oxygen atoms in total. The lowest BCUT2D eigenvalue weighted by atomic mass is 10.0. The van der Waals surface area contributed by atoms with Crippen LogP contribution in [0.4, 0.5) is 32.3 Å². The lowest BCUT2D eigenvalue weighted by Crippen LogP contribution is -2.19. The SMILES string of the molecule is O=C(Nc1ccc(Cc2ccc(NC(=O)Nc3ccc4c(c3)OCO4)cc2)cc1)Nc1ccc2c(c1)OCO2. The molecule has 39 heavy (non-hydrogen) atoms. The minimum Gasteiger partial charge on any atom is -0.454 e. The number of benzene rings is 4. The van der Waals surface area contributed by atoms with Crippen LogP contribution in [-0.2, 0) is 6.42 Å². The van der Waals surface area contributed by atoms with Gasteiger partial charge < -0.3 is 40.2 Å². The molecule has 0 bridgehead atoms. The average Bonchev–Trinajstić information content (AvgIpc) is 3.60. The van der Waals surface area contributed by atoms with Gasteiger partial charge >= 0.3 is 12.1 Å². The summed E-state index contributed by atoms with van der Waals surface area (Å²) < 4.78 is 21.2. The van der Waals surface area contributed by atoms with Crippen LogP contribution >= 0.6 is 0 Å². The Balaban J connectivity index is 0.984. The quantitative estimate of drug-likeness (QED) is 0.245. The first-order valence-corrected chi connectivity index (χ1v) is 12.2. The van der Waals surface area contributed by atoms with Gasteiger partial charge in [0.2, 0.25) is 13.6 Å². The zero-order valence-corrected chi connectivity index (χ0v) is 20.7. The Hall–Kier alpha value is -5.38. The standard InChI is InChI=1S/C29H24N4O6/c34-28(32-22-9-11-24-26(14-22)38-16-36-24)30-20-5-1-18(2-6-20)13-19-3-7-21(8-4-19)31-29(35)33-23-10-12-25-27(15-23)39-17-37-25/h1-12,14-15H,13,16-17H2,(H2,30,32,34)(H2,31,33,35). The van der Waals surface area contributed by atoms with E-state index >= 15 is 0 Å². The van der Waals surface area contributed by atoms with Crippen LogP contribution in [0.15, 0.2) is 84.9 Å². The fourth-order valence-electron chi connectivity index (χ4n) is 4.18. The number of hydrogen-bond donors (Lipinski definition) is 4. The van der Waals surface area contributed by atoms with Crippen LogP contribution in [0.1, 0.15) is 11.1 Å². The number of rotatable bonds is 6. The molecule has 0 aliphatic carbocycles. The second-order valence-electron chi connectivity index (χ2n) is 8.86. The second-order valence-corrected chi connectivity index (χ2v) is 8.86. The van der Waals surface area contributed by atoms with Crippen molar-refractivity contribution in [2.75, 3.05) is 34.9 Å². The summed E-state index contributed by atoms with van der Waals surface area (Å²) in [4.78, 5) is 24.7. The van der Waals surface area contributed by atoms with Crippen LogP contribution < -0.4 is 40.2 Å². The fraction of sp³-hybridized carbons (Fsp3) is 0.103. The number of nitrogens with one attached hydrogen (secondary N) is 4. The second kappa shape index (κ2) is 10.5. The first-order valence-electron chi connectivity index (χ1n) is 12.2. The van der Waals surface area contributed by atoms with Gasteiger partial charge in [-0.05, 0) is 66.1 Å². The van der Waals surface area contributed by atoms with Crippen molar-refractivity contribution in [1.82, 2.24) is 0 Å². The predicted octanol–water partition coefficient (Wildman–Crippen LogP) is 6.02. The number of fused-ring (bicyclic) bond motifs is 2. The van der Waals surface area contributed by atoms with Crippen molar-refractivity contribution in [3.05, 3.63) is 96.1 Å². The van der Waals surface area contributed by atoms with E-state index in [1.807, 2.05) is 48.5 Å². The Morgan fingerprint density at radius 3 is 1.28 bits per heavy atom. The number of urea groups is 2. The third-order valence-corrected chi connectivity index (χ3v) is 6.09. The van der Waals surface area contributed by atoms with Crippen LogP contribution in [0.3, 0.4) is 0 Å². The van der Waals surface area contributed by atoms with E-state index in [0.717, 1.165) is 11.1 Å². The van der Waals surface area contributed by atoms with Crippen molar-refractivity contribution < 1.29 is 28.5 Å². The minimum atomic E-state index is -0.354. The van der Waals surface area contributed by atoms with Gasteiger partial charge in [-0.2, -0.15) is 0 Å². The maximum absolute atomic E-state index is 12.4. The molecule has 2 aliphatic heterocycles. The third-order valence-electron chi connectivity index (χ3n) is 6.09. The lowest BCUT2D eigenvalue weighted by Gasteiger charge is -2.10. The molecule has 0 aromatic heterocycles. The van der Waals surface area contributed by atoms with Gasteiger partial charge in [-0.15, -0.1) is 0 Å². The molecule has 0 unspecified atom stereocenters. The van der Waals surface area contributed by atoms with Crippen LogP contribution in [-0.4, -0.2) is 25.6 Å². The predicted molar refractivity (Wildman–Crippen MR) is 146 cm³/mol. The normalized spacial score (nSPS) is 12.5. The first-order chi connectivity index (χ1) is 19.1. The summed E-state index contributed by atoms with van der Waals surface area (Å²) in [5.41, 5.74) is 4.72. The van der Waals surface area contributed by atoms with Gasteiger partial charge in [-0.25, -0.2) is 9.59 Å². The highest BCUT2D eigenvalue weighted by atomic mass is 16.7. The first kappa shape index (κ1) is 24.0. The maximum Gasteiger partial charge on any atom is 0.323 e. The monoisotopic (exact) mass is 524 g/mol. The zero-order chi connectivity index (χ0) is 26.6. The Morgan fingerprint density at radius 2 is 0.846 bits per heavy atom. The third kappa shape index (κ3) is 5.80. The van der Waals surface area contributed by atoms with E-state index in [2.05, 4.69) is 21.3 Å². The van der Waals surface area contributed by atoms with Gasteiger partial charge in [0.1, 0.15) is 0 Å². The molecule has 0 spiro atoms. The summed E-state index contributed by atoms with van der Waals surface area (Å²) in [6, 6.07) is 25.0. The van der Waals surface area contributed by atoms with E-state index in [-0.39, 0.29) is 25.6 Å². The molecule has 6 rings (SSSR count). The summed E-state index contributed by atoms with van der Waals surface area (Å²) in [5.74, 6) is 2.52. The number of ether oxygens (including phenoxy) is 4. The molecule has 4 aromatic carbocycles. The number of hydrogen-bond acceptors (Lipinski definition) is 6. The smallest absolute Gasteiger partial charge is 0.323 e. The van der Waals surface area contributed by atoms with E-state index in [0.29, 0.717) is 52.2 Å². The van der Waals surface area contributed by atoms with Gasteiger partial charge in [0.25, 0.3) is 0 Å². The molecule has 0 fully saturated rings. The van der Waals surface area contributed by atoms with Crippen molar-refractivity contribution in [1.29, 1.82) is 0 Å². The summed E-state index contributed by atoms with van der Waals surface area (Å²) in [6.07, 6.45) is 0.702. The van der Waals surface area contributed by atoms with E-state index < -0.39 is 0 Å². The van der Waals surface area contributed by atoms with Crippen LogP contribution in [0.2, 0.25) is 0 Å². The molecule has 0 radical (unpaired) electrons. The van der Waals surface area contributed by atoms with Crippen molar-refractivity contribution in [3.63, 3.8) is 0 Å². The van der Waals surface area contributed by atoms with Crippen molar-refractivity contribution in [3.8, 4) is 23.0 Å². The van der Waals surface area contributed by atoms with Crippen molar-refractivity contribution in [2.24, 2.45) is 0 Å². The summed E-state index contributed by atoms with van der Waals surface area (Å²) >= 11 is 0. The van der Waals surface area contributed by atoms with Gasteiger partial charge in [0.15, 0.2) is 23.0 Å². The van der Waals surface area contributed by atoms with Gasteiger partial charge in [-0.1, -0.05) is 24.3 Å². The Bertz CT molecular complexity index is 1410. The zero-order valence-electron chi connectivity index (χ0n) is 20.7. The molecule has 4 amide bonds. The van der Waals surface area contributed by atoms with Gasteiger partial charge in [0, 0.05) is 34.9 Å². The Kier molecular flexibility index (Phi) is 6.48. The molecule has 2 aliphatic rings. The number of amides is 4. The van der Waals surface area contributed by atoms with E-state index in [4.69, 9.17) is 18.9 Å². The molecule has 2 heterocycles. The van der Waals surface area contributed by atoms with E-state index in [9.17, 15) is 9.59 Å². The molecule has 0 saturated heterocycles. The van der Waals surface area contributed by atoms with Gasteiger partial charge in [0.05, 0.1) is 0 Å². The largest absolute Gasteiger partial charge is 0.454 e. The Morgan fingerprint density at radius 1 is 0.487 bits per heavy atom. The molecule has 4 aromatic rings. The van der Waals surface area contributed by atoms with Crippen molar-refractivity contribution in [2.45, 2.75) is 6.42 Å². The molecule has 0 atom stereocenters. The summed E-state index contributed by atoms with van der Waals surface area (Å²) in [5, 5.41) is 11.2. The summed E-state index contributed by atoms with van der Waals surface area (Å²) in [7, 11) is 0. The lowest BCUT2D eigenvalue weighted by molar-refractivity contribution is 0.173. The highest BCUT2D eigenvalue weighted by Gasteiger charge is 2.15. The molecule has 196 valence electrons. The van der Waals surface area contributed by atoms with Crippen LogP contribution in [0.25, 0.3) is 0 Å². The topological polar surface area (TPSA) is 119 Å². The number of carbonyl (C=O) groups is 2. The molecule has 10 heteroatoms. The number of anilines is 4. The number of carbonyl (C=O) groups excluding carboxylic acids is 2. The molecule has 0 saturated carbocycles. The summed E-state index contributed by atoms with van der Waals surface area (Å²) in [6.45, 7) is 0.359. The van der Waals surface area contributed by atoms with Gasteiger partial charge in [-0.3, -0.25) is 0 Å². The maximum atomic E-state index is 12.4. The molecular weight excluding hydrogens is 500 g/mol. The highest BCUT2D eigenvalue weighted by Crippen LogP contribution is 2.35. The van der Waals surface area contributed by atoms with E-state index in [1.165, 1.54) is 0 Å². The van der Waals surface area contributed by atoms with Crippen LogP contribution in [0.5, 0.6) is 23.0 Å². The Labute approximate surface area is 223 Å². The average molecular weight is 525 g/mol. The van der Waals surface area contributed by atoms with E-state index in [1.54, 1.807) is 36.4 Å². The fourth-order valence-corrected chi connectivity index (χ4v) is 4.18. The molecule has 4 N–H and O–H groups in total. The van der Waals surface area contributed by atoms with Crippen LogP contribution in [0, 0.1) is 0 Å². The highest BCUT2D eigenvalue weighted by molar-refractivity contribution is 6.00. The molecular formula is C29H24N4O6.